The highest BCUT2D eigenvalue weighted by molar-refractivity contribution is 5.47. The maximum Gasteiger partial charge on any atom is 0.247 e. The van der Waals surface area contributed by atoms with Crippen LogP contribution in [0.25, 0.3) is 0 Å². The van der Waals surface area contributed by atoms with Crippen LogP contribution in [0.15, 0.2) is 24.3 Å². The molecule has 0 radical (unpaired) electrons. The summed E-state index contributed by atoms with van der Waals surface area (Å²) in [5, 5.41) is 33.3. The van der Waals surface area contributed by atoms with Crippen molar-refractivity contribution in [3.05, 3.63) is 29.8 Å². The van der Waals surface area contributed by atoms with Gasteiger partial charge in [0.2, 0.25) is 5.91 Å². The molecule has 1 atom stereocenters. The average Bonchev–Trinajstić information content (AvgIpc) is 2.48. The van der Waals surface area contributed by atoms with Gasteiger partial charge in [-0.15, -0.1) is 0 Å². The van der Waals surface area contributed by atoms with Gasteiger partial charge in [0.25, 0.3) is 0 Å². The average molecular weight is 294 g/mol. The fraction of sp³-hybridized carbons (Fsp3) is 0.625. The molecular weight excluding hydrogens is 268 g/mol. The Morgan fingerprint density at radius 2 is 1.95 bits per heavy atom. The van der Waals surface area contributed by atoms with Crippen LogP contribution < -0.4 is 11.1 Å². The number of aliphatic hydroxyl groups excluding tert-OH is 1. The second-order valence-corrected chi connectivity index (χ2v) is 5.90. The Labute approximate surface area is 125 Å². The minimum absolute atomic E-state index is 0.163. The van der Waals surface area contributed by atoms with Gasteiger partial charge in [-0.25, -0.2) is 0 Å². The Hall–Kier alpha value is -1.14. The molecule has 1 fully saturated rings. The molecule has 5 nitrogen and oxygen atoms in total. The van der Waals surface area contributed by atoms with E-state index < -0.39 is 12.0 Å². The largest absolute Gasteiger partial charge is 0.388 e. The molecule has 1 aromatic rings. The van der Waals surface area contributed by atoms with Crippen LogP contribution in [0.1, 0.15) is 50.2 Å². The molecule has 0 heterocycles. The van der Waals surface area contributed by atoms with E-state index in [1.807, 2.05) is 6.07 Å². The van der Waals surface area contributed by atoms with Crippen LogP contribution in [0.4, 0.5) is 5.69 Å². The van der Waals surface area contributed by atoms with Crippen molar-refractivity contribution >= 4 is 5.69 Å². The lowest BCUT2D eigenvalue weighted by molar-refractivity contribution is -0.183. The Bertz CT molecular complexity index is 445. The Morgan fingerprint density at radius 3 is 2.62 bits per heavy atom. The van der Waals surface area contributed by atoms with Gasteiger partial charge in [-0.2, -0.15) is 0 Å². The first-order valence-electron chi connectivity index (χ1n) is 7.74. The van der Waals surface area contributed by atoms with E-state index in [2.05, 4.69) is 5.32 Å². The fourth-order valence-electron chi connectivity index (χ4n) is 2.97. The number of benzene rings is 1. The van der Waals surface area contributed by atoms with Crippen LogP contribution in [0, 0.1) is 5.92 Å². The minimum Gasteiger partial charge on any atom is -0.388 e. The third-order valence-corrected chi connectivity index (χ3v) is 4.21. The molecule has 0 spiro atoms. The van der Waals surface area contributed by atoms with E-state index in [9.17, 15) is 15.3 Å². The van der Waals surface area contributed by atoms with Gasteiger partial charge in [0.1, 0.15) is 0 Å². The Kier molecular flexibility index (Phi) is 5.58. The van der Waals surface area contributed by atoms with Crippen LogP contribution in [-0.2, 0) is 0 Å². The SMILES string of the molecule is NCCC(O)c1cccc(NC(O)(O)C2CCCCC2)c1. The van der Waals surface area contributed by atoms with E-state index >= 15 is 0 Å². The topological polar surface area (TPSA) is 98.7 Å². The lowest BCUT2D eigenvalue weighted by atomic mass is 9.86. The van der Waals surface area contributed by atoms with Gasteiger partial charge in [0.15, 0.2) is 0 Å². The van der Waals surface area contributed by atoms with Crippen molar-refractivity contribution < 1.29 is 15.3 Å². The normalized spacial score (nSPS) is 18.5. The van der Waals surface area contributed by atoms with Crippen molar-refractivity contribution in [2.24, 2.45) is 11.7 Å². The molecule has 1 aliphatic rings. The molecule has 1 unspecified atom stereocenters. The monoisotopic (exact) mass is 294 g/mol. The minimum atomic E-state index is -1.90. The molecule has 118 valence electrons. The lowest BCUT2D eigenvalue weighted by Crippen LogP contribution is -2.46. The van der Waals surface area contributed by atoms with Gasteiger partial charge in [0, 0.05) is 11.6 Å². The molecular formula is C16H26N2O3. The summed E-state index contributed by atoms with van der Waals surface area (Å²) in [5.41, 5.74) is 6.77. The first-order chi connectivity index (χ1) is 10.0. The smallest absolute Gasteiger partial charge is 0.247 e. The summed E-state index contributed by atoms with van der Waals surface area (Å²) in [6.45, 7) is 0.408. The van der Waals surface area contributed by atoms with Crippen molar-refractivity contribution in [3.8, 4) is 0 Å². The highest BCUT2D eigenvalue weighted by Gasteiger charge is 2.35. The molecule has 0 aliphatic heterocycles. The number of aliphatic hydroxyl groups is 3. The molecule has 1 aromatic carbocycles. The summed E-state index contributed by atoms with van der Waals surface area (Å²) in [5.74, 6) is -2.07. The number of anilines is 1. The zero-order valence-electron chi connectivity index (χ0n) is 12.3. The van der Waals surface area contributed by atoms with Crippen molar-refractivity contribution in [2.45, 2.75) is 50.5 Å². The third kappa shape index (κ3) is 4.41. The quantitative estimate of drug-likeness (QED) is 0.514. The van der Waals surface area contributed by atoms with Gasteiger partial charge in [-0.05, 0) is 43.5 Å². The summed E-state index contributed by atoms with van der Waals surface area (Å²) in [6, 6.07) is 7.10. The molecule has 0 amide bonds. The molecule has 2 rings (SSSR count). The molecule has 21 heavy (non-hydrogen) atoms. The van der Waals surface area contributed by atoms with Crippen LogP contribution in [0.2, 0.25) is 0 Å². The summed E-state index contributed by atoms with van der Waals surface area (Å²) in [4.78, 5) is 0. The van der Waals surface area contributed by atoms with Gasteiger partial charge >= 0.3 is 0 Å². The highest BCUT2D eigenvalue weighted by atomic mass is 16.5. The van der Waals surface area contributed by atoms with Crippen molar-refractivity contribution in [1.29, 1.82) is 0 Å². The van der Waals surface area contributed by atoms with Gasteiger partial charge in [0.05, 0.1) is 6.10 Å². The van der Waals surface area contributed by atoms with Crippen LogP contribution in [-0.4, -0.2) is 27.8 Å². The van der Waals surface area contributed by atoms with E-state index in [4.69, 9.17) is 5.73 Å². The third-order valence-electron chi connectivity index (χ3n) is 4.21. The van der Waals surface area contributed by atoms with Gasteiger partial charge < -0.3 is 26.4 Å². The molecule has 0 bridgehead atoms. The summed E-state index contributed by atoms with van der Waals surface area (Å²) < 4.78 is 0. The number of hydrogen-bond acceptors (Lipinski definition) is 5. The summed E-state index contributed by atoms with van der Waals surface area (Å²) in [6.07, 6.45) is 4.71. The Balaban J connectivity index is 2.05. The van der Waals surface area contributed by atoms with Crippen LogP contribution in [0.3, 0.4) is 0 Å². The molecule has 0 aromatic heterocycles. The molecule has 6 N–H and O–H groups in total. The van der Waals surface area contributed by atoms with Gasteiger partial charge in [-0.3, -0.25) is 0 Å². The van der Waals surface area contributed by atoms with Crippen molar-refractivity contribution in [2.75, 3.05) is 11.9 Å². The lowest BCUT2D eigenvalue weighted by Gasteiger charge is -2.35. The second-order valence-electron chi connectivity index (χ2n) is 5.90. The second kappa shape index (κ2) is 7.22. The van der Waals surface area contributed by atoms with E-state index in [1.165, 1.54) is 0 Å². The van der Waals surface area contributed by atoms with E-state index in [0.717, 1.165) is 37.7 Å². The standard InChI is InChI=1S/C16H26N2O3/c17-10-9-15(19)12-5-4-8-14(11-12)18-16(20,21)13-6-2-1-3-7-13/h4-5,8,11,13,15,18-21H,1-3,6-7,9-10,17H2. The summed E-state index contributed by atoms with van der Waals surface area (Å²) >= 11 is 0. The first kappa shape index (κ1) is 16.2. The van der Waals surface area contributed by atoms with Crippen LogP contribution >= 0.6 is 0 Å². The van der Waals surface area contributed by atoms with Crippen LogP contribution in [0.5, 0.6) is 0 Å². The Morgan fingerprint density at radius 1 is 1.24 bits per heavy atom. The fourth-order valence-corrected chi connectivity index (χ4v) is 2.97. The number of rotatable bonds is 6. The number of nitrogens with one attached hydrogen (secondary N) is 1. The first-order valence-corrected chi connectivity index (χ1v) is 7.74. The highest BCUT2D eigenvalue weighted by Crippen LogP contribution is 2.32. The van der Waals surface area contributed by atoms with E-state index in [0.29, 0.717) is 18.7 Å². The maximum absolute atomic E-state index is 10.3. The molecule has 0 saturated heterocycles. The zero-order valence-corrected chi connectivity index (χ0v) is 12.3. The van der Waals surface area contributed by atoms with E-state index in [1.54, 1.807) is 18.2 Å². The van der Waals surface area contributed by atoms with Crippen molar-refractivity contribution in [3.63, 3.8) is 0 Å². The molecule has 1 aliphatic carbocycles. The van der Waals surface area contributed by atoms with Crippen molar-refractivity contribution in [1.82, 2.24) is 0 Å². The molecule has 1 saturated carbocycles. The zero-order chi connectivity index (χ0) is 15.3. The predicted molar refractivity (Wildman–Crippen MR) is 82.4 cm³/mol. The number of nitrogens with two attached hydrogens (primary N) is 1. The van der Waals surface area contributed by atoms with Gasteiger partial charge in [-0.1, -0.05) is 31.4 Å². The van der Waals surface area contributed by atoms with E-state index in [-0.39, 0.29) is 5.92 Å². The number of hydrogen-bond donors (Lipinski definition) is 5. The summed E-state index contributed by atoms with van der Waals surface area (Å²) in [7, 11) is 0. The maximum atomic E-state index is 10.3. The molecule has 5 heteroatoms. The predicted octanol–water partition coefficient (Wildman–Crippen LogP) is 1.70.